The van der Waals surface area contributed by atoms with Gasteiger partial charge in [-0.15, -0.1) is 0 Å². The summed E-state index contributed by atoms with van der Waals surface area (Å²) in [7, 11) is 0. The molecule has 0 aliphatic carbocycles. The monoisotopic (exact) mass is 290 g/mol. The van der Waals surface area contributed by atoms with Gasteiger partial charge in [0.2, 0.25) is 5.91 Å². The van der Waals surface area contributed by atoms with E-state index in [0.717, 1.165) is 5.75 Å². The number of carbonyl (C=O) groups is 2. The number of hydrogen-bond acceptors (Lipinski definition) is 3. The maximum absolute atomic E-state index is 12.4. The second kappa shape index (κ2) is 6.61. The Morgan fingerprint density at radius 1 is 1.00 bits per heavy atom. The van der Waals surface area contributed by atoms with Crippen molar-refractivity contribution in [2.45, 2.75) is 26.9 Å². The first-order valence-corrected chi connectivity index (χ1v) is 7.29. The summed E-state index contributed by atoms with van der Waals surface area (Å²) in [6.45, 7) is 7.88. The highest BCUT2D eigenvalue weighted by Crippen LogP contribution is 2.16. The van der Waals surface area contributed by atoms with Crippen molar-refractivity contribution >= 4 is 11.8 Å². The average Bonchev–Trinajstić information content (AvgIpc) is 2.47. The maximum atomic E-state index is 12.4. The number of piperazine rings is 1. The van der Waals surface area contributed by atoms with Gasteiger partial charge in [0, 0.05) is 38.7 Å². The molecule has 1 aliphatic heterocycles. The van der Waals surface area contributed by atoms with E-state index in [1.165, 1.54) is 0 Å². The van der Waals surface area contributed by atoms with Crippen LogP contribution in [0.1, 0.15) is 31.1 Å². The van der Waals surface area contributed by atoms with Gasteiger partial charge >= 0.3 is 0 Å². The molecule has 0 saturated carbocycles. The second-order valence-electron chi connectivity index (χ2n) is 5.49. The molecule has 0 radical (unpaired) electrons. The van der Waals surface area contributed by atoms with Crippen molar-refractivity contribution in [1.82, 2.24) is 9.80 Å². The summed E-state index contributed by atoms with van der Waals surface area (Å²) in [5, 5.41) is 0. The molecule has 5 heteroatoms. The van der Waals surface area contributed by atoms with Gasteiger partial charge in [-0.1, -0.05) is 0 Å². The summed E-state index contributed by atoms with van der Waals surface area (Å²) < 4.78 is 5.57. The fraction of sp³-hybridized carbons (Fsp3) is 0.500. The Bertz CT molecular complexity index is 503. The Kier molecular flexibility index (Phi) is 4.83. The van der Waals surface area contributed by atoms with E-state index >= 15 is 0 Å². The molecule has 0 aromatic heterocycles. The average molecular weight is 290 g/mol. The molecule has 2 rings (SSSR count). The van der Waals surface area contributed by atoms with Gasteiger partial charge in [-0.3, -0.25) is 9.59 Å². The third-order valence-corrected chi connectivity index (χ3v) is 3.49. The van der Waals surface area contributed by atoms with Gasteiger partial charge in [0.25, 0.3) is 5.91 Å². The fourth-order valence-electron chi connectivity index (χ4n) is 2.36. The summed E-state index contributed by atoms with van der Waals surface area (Å²) >= 11 is 0. The van der Waals surface area contributed by atoms with Crippen LogP contribution in [0.5, 0.6) is 5.75 Å². The molecule has 1 aliphatic rings. The smallest absolute Gasteiger partial charge is 0.253 e. The van der Waals surface area contributed by atoms with E-state index in [1.54, 1.807) is 28.9 Å². The summed E-state index contributed by atoms with van der Waals surface area (Å²) in [6, 6.07) is 7.22. The molecular weight excluding hydrogens is 268 g/mol. The first-order valence-electron chi connectivity index (χ1n) is 7.29. The van der Waals surface area contributed by atoms with Crippen molar-refractivity contribution in [3.63, 3.8) is 0 Å². The van der Waals surface area contributed by atoms with Gasteiger partial charge in [0.05, 0.1) is 6.10 Å². The van der Waals surface area contributed by atoms with Crippen molar-refractivity contribution in [2.75, 3.05) is 26.2 Å². The topological polar surface area (TPSA) is 49.9 Å². The van der Waals surface area contributed by atoms with Gasteiger partial charge in [-0.2, -0.15) is 0 Å². The number of rotatable bonds is 3. The molecule has 0 unspecified atom stereocenters. The highest BCUT2D eigenvalue weighted by Gasteiger charge is 2.23. The van der Waals surface area contributed by atoms with Crippen molar-refractivity contribution in [2.24, 2.45) is 0 Å². The highest BCUT2D eigenvalue weighted by molar-refractivity contribution is 5.94. The number of nitrogens with zero attached hydrogens (tertiary/aromatic N) is 2. The van der Waals surface area contributed by atoms with Gasteiger partial charge in [-0.05, 0) is 38.1 Å². The van der Waals surface area contributed by atoms with E-state index in [9.17, 15) is 9.59 Å². The molecule has 1 saturated heterocycles. The van der Waals surface area contributed by atoms with E-state index in [4.69, 9.17) is 4.74 Å². The number of hydrogen-bond donors (Lipinski definition) is 0. The third kappa shape index (κ3) is 3.97. The van der Waals surface area contributed by atoms with Crippen LogP contribution < -0.4 is 4.74 Å². The zero-order valence-electron chi connectivity index (χ0n) is 12.8. The molecule has 0 spiro atoms. The van der Waals surface area contributed by atoms with Crippen LogP contribution in [-0.4, -0.2) is 53.9 Å². The predicted molar refractivity (Wildman–Crippen MR) is 80.4 cm³/mol. The zero-order valence-corrected chi connectivity index (χ0v) is 12.8. The van der Waals surface area contributed by atoms with E-state index < -0.39 is 0 Å². The molecule has 21 heavy (non-hydrogen) atoms. The Labute approximate surface area is 125 Å². The van der Waals surface area contributed by atoms with E-state index in [-0.39, 0.29) is 17.9 Å². The normalized spacial score (nSPS) is 15.2. The van der Waals surface area contributed by atoms with Gasteiger partial charge in [-0.25, -0.2) is 0 Å². The Balaban J connectivity index is 1.96. The number of ether oxygens (including phenoxy) is 1. The summed E-state index contributed by atoms with van der Waals surface area (Å²) in [5.74, 6) is 0.842. The van der Waals surface area contributed by atoms with Crippen LogP contribution in [0, 0.1) is 0 Å². The lowest BCUT2D eigenvalue weighted by Gasteiger charge is -2.34. The largest absolute Gasteiger partial charge is 0.491 e. The summed E-state index contributed by atoms with van der Waals surface area (Å²) in [6.07, 6.45) is 0.117. The minimum atomic E-state index is 0.00861. The Morgan fingerprint density at radius 2 is 1.52 bits per heavy atom. The predicted octanol–water partition coefficient (Wildman–Crippen LogP) is 1.78. The summed E-state index contributed by atoms with van der Waals surface area (Å²) in [5.41, 5.74) is 0.655. The molecule has 114 valence electrons. The van der Waals surface area contributed by atoms with Crippen LogP contribution in [0.25, 0.3) is 0 Å². The first-order chi connectivity index (χ1) is 9.97. The lowest BCUT2D eigenvalue weighted by Crippen LogP contribution is -2.50. The van der Waals surface area contributed by atoms with Gasteiger partial charge in [0.1, 0.15) is 5.75 Å². The molecular formula is C16H22N2O3. The van der Waals surface area contributed by atoms with Crippen LogP contribution in [0.4, 0.5) is 0 Å². The van der Waals surface area contributed by atoms with Crippen LogP contribution >= 0.6 is 0 Å². The molecule has 0 N–H and O–H groups in total. The lowest BCUT2D eigenvalue weighted by atomic mass is 10.1. The van der Waals surface area contributed by atoms with Crippen molar-refractivity contribution in [3.8, 4) is 5.75 Å². The standard InChI is InChI=1S/C16H22N2O3/c1-12(2)21-15-6-4-14(5-7-15)16(20)18-10-8-17(9-11-18)13(3)19/h4-7,12H,8-11H2,1-3H3. The number of amides is 2. The van der Waals surface area contributed by atoms with Crippen LogP contribution in [0.3, 0.4) is 0 Å². The molecule has 1 aromatic carbocycles. The lowest BCUT2D eigenvalue weighted by molar-refractivity contribution is -0.130. The fourth-order valence-corrected chi connectivity index (χ4v) is 2.36. The van der Waals surface area contributed by atoms with E-state index in [1.807, 2.05) is 26.0 Å². The molecule has 1 fully saturated rings. The molecule has 0 atom stereocenters. The van der Waals surface area contributed by atoms with Crippen LogP contribution in [-0.2, 0) is 4.79 Å². The van der Waals surface area contributed by atoms with Gasteiger partial charge in [0.15, 0.2) is 0 Å². The number of benzene rings is 1. The van der Waals surface area contributed by atoms with Crippen molar-refractivity contribution in [3.05, 3.63) is 29.8 Å². The molecule has 5 nitrogen and oxygen atoms in total. The molecule has 2 amide bonds. The minimum absolute atomic E-state index is 0.00861. The molecule has 1 heterocycles. The molecule has 1 aromatic rings. The maximum Gasteiger partial charge on any atom is 0.253 e. The Hall–Kier alpha value is -2.04. The SMILES string of the molecule is CC(=O)N1CCN(C(=O)c2ccc(OC(C)C)cc2)CC1. The van der Waals surface area contributed by atoms with Crippen LogP contribution in [0.2, 0.25) is 0 Å². The number of carbonyl (C=O) groups excluding carboxylic acids is 2. The van der Waals surface area contributed by atoms with Crippen molar-refractivity contribution < 1.29 is 14.3 Å². The van der Waals surface area contributed by atoms with E-state index in [0.29, 0.717) is 31.7 Å². The second-order valence-corrected chi connectivity index (χ2v) is 5.49. The highest BCUT2D eigenvalue weighted by atomic mass is 16.5. The summed E-state index contributed by atoms with van der Waals surface area (Å²) in [4.78, 5) is 27.2. The zero-order chi connectivity index (χ0) is 15.4. The molecule has 0 bridgehead atoms. The minimum Gasteiger partial charge on any atom is -0.491 e. The van der Waals surface area contributed by atoms with Crippen molar-refractivity contribution in [1.29, 1.82) is 0 Å². The van der Waals surface area contributed by atoms with Crippen LogP contribution in [0.15, 0.2) is 24.3 Å². The quantitative estimate of drug-likeness (QED) is 0.852. The van der Waals surface area contributed by atoms with E-state index in [2.05, 4.69) is 0 Å². The third-order valence-electron chi connectivity index (χ3n) is 3.49. The first kappa shape index (κ1) is 15.4. The Morgan fingerprint density at radius 3 is 2.00 bits per heavy atom. The van der Waals surface area contributed by atoms with Gasteiger partial charge < -0.3 is 14.5 Å².